The molecule has 4 N–H and O–H groups in total. The molecule has 1 aliphatic rings. The number of benzene rings is 1. The summed E-state index contributed by atoms with van der Waals surface area (Å²) in [6.07, 6.45) is 2.40. The van der Waals surface area contributed by atoms with Crippen molar-refractivity contribution >= 4 is 11.9 Å². The summed E-state index contributed by atoms with van der Waals surface area (Å²) >= 11 is 0. The SMILES string of the molecule is N[C@H](Cc1ccc(O)cc1)C(=O)N(CC(=O)O)CC1CC1. The lowest BCUT2D eigenvalue weighted by Crippen LogP contribution is -2.47. The van der Waals surface area contributed by atoms with Gasteiger partial charge in [0.1, 0.15) is 12.3 Å². The van der Waals surface area contributed by atoms with E-state index in [0.29, 0.717) is 18.9 Å². The summed E-state index contributed by atoms with van der Waals surface area (Å²) < 4.78 is 0. The summed E-state index contributed by atoms with van der Waals surface area (Å²) in [5.74, 6) is -0.799. The zero-order valence-electron chi connectivity index (χ0n) is 11.7. The van der Waals surface area contributed by atoms with Gasteiger partial charge in [-0.2, -0.15) is 0 Å². The third-order valence-electron chi connectivity index (χ3n) is 3.52. The van der Waals surface area contributed by atoms with E-state index in [1.165, 1.54) is 17.0 Å². The van der Waals surface area contributed by atoms with Gasteiger partial charge in [0, 0.05) is 6.54 Å². The van der Waals surface area contributed by atoms with Crippen molar-refractivity contribution in [3.8, 4) is 5.75 Å². The van der Waals surface area contributed by atoms with Crippen molar-refractivity contribution < 1.29 is 19.8 Å². The Bertz CT molecular complexity index is 511. The number of phenols is 1. The molecule has 0 aromatic heterocycles. The summed E-state index contributed by atoms with van der Waals surface area (Å²) in [4.78, 5) is 24.5. The van der Waals surface area contributed by atoms with Crippen LogP contribution in [0.2, 0.25) is 0 Å². The number of nitrogens with zero attached hydrogens (tertiary/aromatic N) is 1. The molecule has 0 bridgehead atoms. The van der Waals surface area contributed by atoms with Crippen LogP contribution in [-0.4, -0.2) is 46.1 Å². The number of carbonyl (C=O) groups excluding carboxylic acids is 1. The molecule has 6 nitrogen and oxygen atoms in total. The van der Waals surface area contributed by atoms with E-state index >= 15 is 0 Å². The first-order valence-corrected chi connectivity index (χ1v) is 6.99. The number of carbonyl (C=O) groups is 2. The highest BCUT2D eigenvalue weighted by molar-refractivity contribution is 5.85. The van der Waals surface area contributed by atoms with E-state index in [0.717, 1.165) is 18.4 Å². The standard InChI is InChI=1S/C15H20N2O4/c16-13(7-10-3-5-12(18)6-4-10)15(21)17(9-14(19)20)8-11-1-2-11/h3-6,11,13,18H,1-2,7-9,16H2,(H,19,20)/t13-/m1/s1. The second kappa shape index (κ2) is 6.58. The molecule has 114 valence electrons. The van der Waals surface area contributed by atoms with E-state index in [1.807, 2.05) is 0 Å². The summed E-state index contributed by atoms with van der Waals surface area (Å²) in [5.41, 5.74) is 6.74. The number of aromatic hydroxyl groups is 1. The fourth-order valence-electron chi connectivity index (χ4n) is 2.22. The second-order valence-electron chi connectivity index (χ2n) is 5.53. The van der Waals surface area contributed by atoms with Gasteiger partial charge in [-0.15, -0.1) is 0 Å². The van der Waals surface area contributed by atoms with Gasteiger partial charge in [0.15, 0.2) is 0 Å². The number of carboxylic acid groups (broad SMARTS) is 1. The summed E-state index contributed by atoms with van der Waals surface area (Å²) in [5, 5.41) is 18.1. The molecule has 2 rings (SSSR count). The highest BCUT2D eigenvalue weighted by Crippen LogP contribution is 2.29. The van der Waals surface area contributed by atoms with Crippen LogP contribution in [0.15, 0.2) is 24.3 Å². The van der Waals surface area contributed by atoms with Crippen LogP contribution in [0.5, 0.6) is 5.75 Å². The van der Waals surface area contributed by atoms with Crippen molar-refractivity contribution in [1.82, 2.24) is 4.90 Å². The molecule has 1 fully saturated rings. The molecule has 1 aliphatic carbocycles. The Morgan fingerprint density at radius 1 is 1.29 bits per heavy atom. The zero-order chi connectivity index (χ0) is 15.4. The number of hydrogen-bond acceptors (Lipinski definition) is 4. The number of aliphatic carboxylic acids is 1. The van der Waals surface area contributed by atoms with Gasteiger partial charge < -0.3 is 20.8 Å². The highest BCUT2D eigenvalue weighted by Gasteiger charge is 2.30. The predicted molar refractivity (Wildman–Crippen MR) is 76.7 cm³/mol. The average molecular weight is 292 g/mol. The minimum atomic E-state index is -1.03. The molecule has 0 radical (unpaired) electrons. The van der Waals surface area contributed by atoms with Gasteiger partial charge in [-0.25, -0.2) is 0 Å². The molecule has 0 unspecified atom stereocenters. The minimum absolute atomic E-state index is 0.153. The van der Waals surface area contributed by atoms with Crippen molar-refractivity contribution in [2.75, 3.05) is 13.1 Å². The normalized spacial score (nSPS) is 15.5. The van der Waals surface area contributed by atoms with Crippen molar-refractivity contribution in [3.05, 3.63) is 29.8 Å². The topological polar surface area (TPSA) is 104 Å². The van der Waals surface area contributed by atoms with Gasteiger partial charge in [0.2, 0.25) is 5.91 Å². The Balaban J connectivity index is 1.97. The van der Waals surface area contributed by atoms with Gasteiger partial charge in [0.25, 0.3) is 0 Å². The molecule has 0 heterocycles. The van der Waals surface area contributed by atoms with Crippen LogP contribution >= 0.6 is 0 Å². The first kappa shape index (κ1) is 15.3. The van der Waals surface area contributed by atoms with Gasteiger partial charge in [-0.1, -0.05) is 12.1 Å². The Kier molecular flexibility index (Phi) is 4.80. The summed E-state index contributed by atoms with van der Waals surface area (Å²) in [6.45, 7) is 0.160. The van der Waals surface area contributed by atoms with E-state index < -0.39 is 12.0 Å². The van der Waals surface area contributed by atoms with Crippen molar-refractivity contribution in [1.29, 1.82) is 0 Å². The Morgan fingerprint density at radius 3 is 2.43 bits per heavy atom. The van der Waals surface area contributed by atoms with Crippen molar-refractivity contribution in [2.45, 2.75) is 25.3 Å². The fourth-order valence-corrected chi connectivity index (χ4v) is 2.22. The highest BCUT2D eigenvalue weighted by atomic mass is 16.4. The molecule has 1 atom stereocenters. The first-order valence-electron chi connectivity index (χ1n) is 6.99. The maximum Gasteiger partial charge on any atom is 0.323 e. The monoisotopic (exact) mass is 292 g/mol. The van der Waals surface area contributed by atoms with Gasteiger partial charge in [-0.3, -0.25) is 9.59 Å². The molecule has 0 aliphatic heterocycles. The number of amides is 1. The first-order chi connectivity index (χ1) is 9.95. The molecule has 1 saturated carbocycles. The van der Waals surface area contributed by atoms with E-state index in [9.17, 15) is 14.7 Å². The number of carboxylic acids is 1. The molecular weight excluding hydrogens is 272 g/mol. The average Bonchev–Trinajstić information content (AvgIpc) is 3.23. The van der Waals surface area contributed by atoms with Gasteiger partial charge in [-0.05, 0) is 42.9 Å². The van der Waals surface area contributed by atoms with Crippen molar-refractivity contribution in [2.24, 2.45) is 11.7 Å². The fraction of sp³-hybridized carbons (Fsp3) is 0.467. The van der Waals surface area contributed by atoms with Crippen LogP contribution in [0, 0.1) is 5.92 Å². The number of rotatable bonds is 7. The molecule has 6 heteroatoms. The largest absolute Gasteiger partial charge is 0.508 e. The van der Waals surface area contributed by atoms with Gasteiger partial charge in [0.05, 0.1) is 6.04 Å². The lowest BCUT2D eigenvalue weighted by Gasteiger charge is -2.24. The molecular formula is C15H20N2O4. The predicted octanol–water partition coefficient (Wildman–Crippen LogP) is 0.585. The second-order valence-corrected chi connectivity index (χ2v) is 5.53. The summed E-state index contributed by atoms with van der Waals surface area (Å²) in [7, 11) is 0. The van der Waals surface area contributed by atoms with E-state index in [2.05, 4.69) is 0 Å². The van der Waals surface area contributed by atoms with Crippen molar-refractivity contribution in [3.63, 3.8) is 0 Å². The maximum absolute atomic E-state index is 12.3. The van der Waals surface area contributed by atoms with Crippen LogP contribution in [0.25, 0.3) is 0 Å². The molecule has 21 heavy (non-hydrogen) atoms. The van der Waals surface area contributed by atoms with E-state index in [4.69, 9.17) is 10.8 Å². The molecule has 0 spiro atoms. The van der Waals surface area contributed by atoms with Crippen LogP contribution in [0.4, 0.5) is 0 Å². The maximum atomic E-state index is 12.3. The quantitative estimate of drug-likeness (QED) is 0.682. The number of hydrogen-bond donors (Lipinski definition) is 3. The summed E-state index contributed by atoms with van der Waals surface area (Å²) in [6, 6.07) is 5.69. The smallest absolute Gasteiger partial charge is 0.323 e. The van der Waals surface area contributed by atoms with E-state index in [1.54, 1.807) is 12.1 Å². The molecule has 1 amide bonds. The van der Waals surface area contributed by atoms with Crippen LogP contribution in [0.3, 0.4) is 0 Å². The zero-order valence-corrected chi connectivity index (χ0v) is 11.7. The van der Waals surface area contributed by atoms with Crippen LogP contribution in [-0.2, 0) is 16.0 Å². The molecule has 1 aromatic carbocycles. The third-order valence-corrected chi connectivity index (χ3v) is 3.52. The molecule has 1 aromatic rings. The van der Waals surface area contributed by atoms with Gasteiger partial charge >= 0.3 is 5.97 Å². The lowest BCUT2D eigenvalue weighted by atomic mass is 10.1. The Hall–Kier alpha value is -2.08. The number of nitrogens with two attached hydrogens (primary N) is 1. The lowest BCUT2D eigenvalue weighted by molar-refractivity contribution is -0.145. The Labute approximate surface area is 123 Å². The van der Waals surface area contributed by atoms with Crippen LogP contribution < -0.4 is 5.73 Å². The van der Waals surface area contributed by atoms with E-state index in [-0.39, 0.29) is 18.2 Å². The minimum Gasteiger partial charge on any atom is -0.508 e. The Morgan fingerprint density at radius 2 is 1.90 bits per heavy atom. The number of phenolic OH excluding ortho intramolecular Hbond substituents is 1. The molecule has 0 saturated heterocycles. The van der Waals surface area contributed by atoms with Crippen LogP contribution in [0.1, 0.15) is 18.4 Å². The third kappa shape index (κ3) is 4.75.